The molecule has 0 radical (unpaired) electrons. The van der Waals surface area contributed by atoms with Crippen molar-refractivity contribution in [3.05, 3.63) is 12.2 Å². The number of hydrogen-bond acceptors (Lipinski definition) is 8. The summed E-state index contributed by atoms with van der Waals surface area (Å²) in [6.45, 7) is 14.2. The van der Waals surface area contributed by atoms with Gasteiger partial charge >= 0.3 is 18.1 Å². The molecule has 54 heavy (non-hydrogen) atoms. The number of carboxylic acids is 1. The highest BCUT2D eigenvalue weighted by Gasteiger charge is 2.17. The van der Waals surface area contributed by atoms with Gasteiger partial charge in [-0.05, 0) is 77.3 Å². The standard InChI is InChI=1S/C45H86N2O7/c1-5-9-11-13-14-15-16-17-18-19-20-21-22-27-31-35-44(50)52-40-38-47(37-36-46(7-3)8-4)39-41-53-45(51)54-42(32-28-12-10-6-2)33-29-25-23-24-26-30-34-43(48)49/h17-18,42H,5-16,19-41H2,1-4H3,(H,48,49)/b18-17-. The zero-order chi connectivity index (χ0) is 39.7. The molecule has 0 amide bonds. The van der Waals surface area contributed by atoms with E-state index in [1.807, 2.05) is 0 Å². The fraction of sp³-hybridized carbons (Fsp3) is 0.889. The molecule has 0 rings (SSSR count). The Kier molecular flexibility index (Phi) is 38.9. The first-order chi connectivity index (χ1) is 26.4. The maximum absolute atomic E-state index is 12.7. The van der Waals surface area contributed by atoms with Crippen LogP contribution in [0.2, 0.25) is 0 Å². The summed E-state index contributed by atoms with van der Waals surface area (Å²) in [5, 5.41) is 8.80. The number of allylic oxidation sites excluding steroid dienone is 2. The van der Waals surface area contributed by atoms with Gasteiger partial charge in [0.1, 0.15) is 19.3 Å². The predicted octanol–water partition coefficient (Wildman–Crippen LogP) is 11.9. The van der Waals surface area contributed by atoms with Gasteiger partial charge in [0.2, 0.25) is 0 Å². The lowest BCUT2D eigenvalue weighted by Gasteiger charge is -2.26. The Bertz CT molecular complexity index is 880. The number of unbranched alkanes of at least 4 members (excludes halogenated alkanes) is 19. The number of ether oxygens (including phenoxy) is 3. The topological polar surface area (TPSA) is 106 Å². The van der Waals surface area contributed by atoms with Crippen LogP contribution in [0.25, 0.3) is 0 Å². The van der Waals surface area contributed by atoms with E-state index in [1.165, 1.54) is 64.2 Å². The summed E-state index contributed by atoms with van der Waals surface area (Å²) in [5.41, 5.74) is 0. The van der Waals surface area contributed by atoms with E-state index in [0.717, 1.165) is 122 Å². The maximum atomic E-state index is 12.7. The molecular formula is C45H86N2O7. The minimum Gasteiger partial charge on any atom is -0.481 e. The molecule has 1 N–H and O–H groups in total. The van der Waals surface area contributed by atoms with E-state index < -0.39 is 12.1 Å². The molecule has 0 aliphatic carbocycles. The number of nitrogens with zero attached hydrogens (tertiary/aromatic N) is 2. The van der Waals surface area contributed by atoms with Gasteiger partial charge in [-0.2, -0.15) is 0 Å². The van der Waals surface area contributed by atoms with Crippen LogP contribution in [0.1, 0.15) is 201 Å². The molecule has 0 aromatic carbocycles. The highest BCUT2D eigenvalue weighted by molar-refractivity contribution is 5.69. The number of carboxylic acid groups (broad SMARTS) is 1. The molecule has 0 saturated heterocycles. The average Bonchev–Trinajstić information content (AvgIpc) is 3.15. The molecule has 0 aromatic rings. The molecule has 9 nitrogen and oxygen atoms in total. The van der Waals surface area contributed by atoms with Gasteiger partial charge < -0.3 is 24.2 Å². The summed E-state index contributed by atoms with van der Waals surface area (Å²) in [4.78, 5) is 40.4. The van der Waals surface area contributed by atoms with Crippen molar-refractivity contribution in [2.75, 3.05) is 52.5 Å². The van der Waals surface area contributed by atoms with Crippen LogP contribution >= 0.6 is 0 Å². The van der Waals surface area contributed by atoms with E-state index in [-0.39, 0.29) is 25.1 Å². The van der Waals surface area contributed by atoms with Crippen LogP contribution in [0.5, 0.6) is 0 Å². The van der Waals surface area contributed by atoms with E-state index in [1.54, 1.807) is 0 Å². The van der Waals surface area contributed by atoms with Crippen LogP contribution in [-0.2, 0) is 23.8 Å². The average molecular weight is 767 g/mol. The summed E-state index contributed by atoms with van der Waals surface area (Å²) in [6, 6.07) is 0. The van der Waals surface area contributed by atoms with Gasteiger partial charge in [-0.15, -0.1) is 0 Å². The van der Waals surface area contributed by atoms with Gasteiger partial charge in [-0.1, -0.05) is 136 Å². The Balaban J connectivity index is 4.42. The van der Waals surface area contributed by atoms with Crippen molar-refractivity contribution in [1.82, 2.24) is 9.80 Å². The largest absolute Gasteiger partial charge is 0.508 e. The molecule has 1 atom stereocenters. The van der Waals surface area contributed by atoms with E-state index >= 15 is 0 Å². The van der Waals surface area contributed by atoms with Crippen molar-refractivity contribution >= 4 is 18.1 Å². The van der Waals surface area contributed by atoms with Gasteiger partial charge in [0, 0.05) is 39.0 Å². The second-order valence-electron chi connectivity index (χ2n) is 15.2. The molecule has 0 aliphatic rings. The monoisotopic (exact) mass is 767 g/mol. The Morgan fingerprint density at radius 3 is 1.50 bits per heavy atom. The fourth-order valence-electron chi connectivity index (χ4n) is 6.70. The highest BCUT2D eigenvalue weighted by Crippen LogP contribution is 2.17. The van der Waals surface area contributed by atoms with Crippen molar-refractivity contribution in [2.24, 2.45) is 0 Å². The number of hydrogen-bond donors (Lipinski definition) is 1. The summed E-state index contributed by atoms with van der Waals surface area (Å²) in [5.74, 6) is -0.850. The first-order valence-electron chi connectivity index (χ1n) is 22.7. The van der Waals surface area contributed by atoms with Crippen LogP contribution in [0, 0.1) is 0 Å². The van der Waals surface area contributed by atoms with Gasteiger partial charge in [-0.25, -0.2) is 4.79 Å². The molecular weight excluding hydrogens is 681 g/mol. The predicted molar refractivity (Wildman–Crippen MR) is 224 cm³/mol. The first-order valence-corrected chi connectivity index (χ1v) is 22.7. The lowest BCUT2D eigenvalue weighted by Crippen LogP contribution is -2.39. The zero-order valence-electron chi connectivity index (χ0n) is 35.8. The van der Waals surface area contributed by atoms with Gasteiger partial charge in [0.05, 0.1) is 0 Å². The van der Waals surface area contributed by atoms with Crippen LogP contribution in [-0.4, -0.2) is 91.6 Å². The number of aliphatic carboxylic acids is 1. The fourth-order valence-corrected chi connectivity index (χ4v) is 6.70. The molecule has 0 heterocycles. The van der Waals surface area contributed by atoms with Crippen LogP contribution in [0.3, 0.4) is 0 Å². The second kappa shape index (κ2) is 40.5. The number of esters is 1. The summed E-state index contributed by atoms with van der Waals surface area (Å²) >= 11 is 0. The van der Waals surface area contributed by atoms with Gasteiger partial charge in [-0.3, -0.25) is 14.5 Å². The second-order valence-corrected chi connectivity index (χ2v) is 15.2. The Hall–Kier alpha value is -2.13. The summed E-state index contributed by atoms with van der Waals surface area (Å²) in [6.07, 6.45) is 32.8. The molecule has 9 heteroatoms. The molecule has 1 unspecified atom stereocenters. The number of carbonyl (C=O) groups is 3. The molecule has 0 aliphatic heterocycles. The van der Waals surface area contributed by atoms with E-state index in [4.69, 9.17) is 19.3 Å². The Morgan fingerprint density at radius 1 is 0.519 bits per heavy atom. The van der Waals surface area contributed by atoms with Crippen molar-refractivity contribution in [3.63, 3.8) is 0 Å². The summed E-state index contributed by atoms with van der Waals surface area (Å²) < 4.78 is 17.0. The van der Waals surface area contributed by atoms with Crippen molar-refractivity contribution < 1.29 is 33.7 Å². The lowest BCUT2D eigenvalue weighted by molar-refractivity contribution is -0.144. The zero-order valence-corrected chi connectivity index (χ0v) is 35.8. The van der Waals surface area contributed by atoms with Crippen LogP contribution in [0.4, 0.5) is 4.79 Å². The lowest BCUT2D eigenvalue weighted by atomic mass is 10.0. The van der Waals surface area contributed by atoms with Crippen molar-refractivity contribution in [2.45, 2.75) is 207 Å². The van der Waals surface area contributed by atoms with Crippen molar-refractivity contribution in [3.8, 4) is 0 Å². The minimum absolute atomic E-state index is 0.126. The third-order valence-electron chi connectivity index (χ3n) is 10.4. The molecule has 0 aromatic heterocycles. The third kappa shape index (κ3) is 36.8. The third-order valence-corrected chi connectivity index (χ3v) is 10.4. The molecule has 0 fully saturated rings. The molecule has 0 spiro atoms. The first kappa shape index (κ1) is 51.9. The normalized spacial score (nSPS) is 12.2. The Morgan fingerprint density at radius 2 is 0.963 bits per heavy atom. The number of likely N-dealkylation sites (N-methyl/N-ethyl adjacent to an activating group) is 1. The summed E-state index contributed by atoms with van der Waals surface area (Å²) in [7, 11) is 0. The minimum atomic E-state index is -0.725. The molecule has 0 bridgehead atoms. The SMILES string of the molecule is CCCCCCCC/C=C\CCCCCCCC(=O)OCCN(CCOC(=O)OC(CCCCCC)CCCCCCCCC(=O)O)CCN(CC)CC. The number of rotatable bonds is 41. The highest BCUT2D eigenvalue weighted by atomic mass is 16.7. The Labute approximate surface area is 332 Å². The molecule has 0 saturated carbocycles. The van der Waals surface area contributed by atoms with Crippen LogP contribution < -0.4 is 0 Å². The van der Waals surface area contributed by atoms with Gasteiger partial charge in [0.25, 0.3) is 0 Å². The smallest absolute Gasteiger partial charge is 0.481 e. The number of carbonyl (C=O) groups excluding carboxylic acids is 2. The quantitative estimate of drug-likeness (QED) is 0.0370. The van der Waals surface area contributed by atoms with Crippen molar-refractivity contribution in [1.29, 1.82) is 0 Å². The van der Waals surface area contributed by atoms with Crippen LogP contribution in [0.15, 0.2) is 12.2 Å². The maximum Gasteiger partial charge on any atom is 0.508 e. The van der Waals surface area contributed by atoms with E-state index in [0.29, 0.717) is 26.1 Å². The molecule has 318 valence electrons. The van der Waals surface area contributed by atoms with E-state index in [2.05, 4.69) is 49.6 Å². The van der Waals surface area contributed by atoms with E-state index in [9.17, 15) is 14.4 Å². The van der Waals surface area contributed by atoms with Gasteiger partial charge in [0.15, 0.2) is 0 Å².